The van der Waals surface area contributed by atoms with Crippen LogP contribution in [0.5, 0.6) is 0 Å². The van der Waals surface area contributed by atoms with E-state index in [1.54, 1.807) is 31.4 Å². The molecule has 102 valence electrons. The first-order valence-electron chi connectivity index (χ1n) is 6.52. The molecule has 0 aliphatic carbocycles. The predicted molar refractivity (Wildman–Crippen MR) is 72.1 cm³/mol. The molecule has 0 saturated heterocycles. The first kappa shape index (κ1) is 13.7. The summed E-state index contributed by atoms with van der Waals surface area (Å²) in [5.41, 5.74) is 1.03. The van der Waals surface area contributed by atoms with E-state index < -0.39 is 0 Å². The summed E-state index contributed by atoms with van der Waals surface area (Å²) in [4.78, 5) is 25.9. The molecule has 0 radical (unpaired) electrons. The summed E-state index contributed by atoms with van der Waals surface area (Å²) in [5, 5.41) is 0. The van der Waals surface area contributed by atoms with Crippen molar-refractivity contribution in [2.75, 3.05) is 13.7 Å². The fourth-order valence-electron chi connectivity index (χ4n) is 2.65. The van der Waals surface area contributed by atoms with Gasteiger partial charge in [-0.3, -0.25) is 14.5 Å². The van der Waals surface area contributed by atoms with Crippen LogP contribution in [0.25, 0.3) is 0 Å². The highest BCUT2D eigenvalue weighted by atomic mass is 16.5. The Balaban J connectivity index is 2.15. The lowest BCUT2D eigenvalue weighted by atomic mass is 10.0. The van der Waals surface area contributed by atoms with E-state index >= 15 is 0 Å². The van der Waals surface area contributed by atoms with Gasteiger partial charge in [-0.05, 0) is 31.4 Å². The number of nitrogens with zero attached hydrogens (tertiary/aromatic N) is 1. The molecule has 0 fully saturated rings. The van der Waals surface area contributed by atoms with Gasteiger partial charge in [0.1, 0.15) is 0 Å². The maximum atomic E-state index is 12.3. The van der Waals surface area contributed by atoms with Gasteiger partial charge in [-0.2, -0.15) is 0 Å². The zero-order valence-electron chi connectivity index (χ0n) is 11.6. The van der Waals surface area contributed by atoms with Gasteiger partial charge < -0.3 is 4.74 Å². The second-order valence-electron chi connectivity index (χ2n) is 5.17. The Morgan fingerprint density at radius 2 is 1.63 bits per heavy atom. The van der Waals surface area contributed by atoms with Gasteiger partial charge in [0, 0.05) is 19.8 Å². The van der Waals surface area contributed by atoms with E-state index in [1.165, 1.54) is 4.90 Å². The Hall–Kier alpha value is -1.68. The monoisotopic (exact) mass is 261 g/mol. The maximum Gasteiger partial charge on any atom is 0.261 e. The largest absolute Gasteiger partial charge is 0.384 e. The van der Waals surface area contributed by atoms with Crippen LogP contribution in [-0.4, -0.2) is 36.5 Å². The molecule has 4 nitrogen and oxygen atoms in total. The average molecular weight is 261 g/mol. The fourth-order valence-corrected chi connectivity index (χ4v) is 2.65. The highest BCUT2D eigenvalue weighted by Gasteiger charge is 2.38. The van der Waals surface area contributed by atoms with Crippen LogP contribution in [0.3, 0.4) is 0 Å². The summed E-state index contributed by atoms with van der Waals surface area (Å²) in [5.74, 6) is -0.0558. The molecular formula is C15H19NO3. The zero-order chi connectivity index (χ0) is 14.0. The van der Waals surface area contributed by atoms with Crippen LogP contribution in [0.2, 0.25) is 0 Å². The number of fused-ring (bicyclic) bond motifs is 1. The van der Waals surface area contributed by atoms with Crippen LogP contribution < -0.4 is 0 Å². The summed E-state index contributed by atoms with van der Waals surface area (Å²) in [6.07, 6.45) is 0.749. The van der Waals surface area contributed by atoms with Gasteiger partial charge in [-0.15, -0.1) is 0 Å². The van der Waals surface area contributed by atoms with Crippen LogP contribution in [0.4, 0.5) is 0 Å². The number of ether oxygens (including phenoxy) is 1. The lowest BCUT2D eigenvalue weighted by Crippen LogP contribution is -2.39. The molecule has 2 amide bonds. The van der Waals surface area contributed by atoms with Gasteiger partial charge in [-0.25, -0.2) is 0 Å². The van der Waals surface area contributed by atoms with Crippen molar-refractivity contribution in [3.05, 3.63) is 35.4 Å². The minimum atomic E-state index is -0.183. The maximum absolute atomic E-state index is 12.3. The molecular weight excluding hydrogens is 242 g/mol. The fraction of sp³-hybridized carbons (Fsp3) is 0.467. The number of hydrogen-bond donors (Lipinski definition) is 0. The number of rotatable bonds is 5. The predicted octanol–water partition coefficient (Wildman–Crippen LogP) is 2.34. The summed E-state index contributed by atoms with van der Waals surface area (Å²) in [6.45, 7) is 4.60. The molecule has 0 saturated carbocycles. The van der Waals surface area contributed by atoms with Gasteiger partial charge in [0.05, 0.1) is 11.1 Å². The standard InChI is InChI=1S/C15H19NO3/c1-10(9-19-3)8-11(2)16-14(17)12-6-4-5-7-13(12)15(16)18/h4-7,10-11H,8-9H2,1-3H3. The van der Waals surface area contributed by atoms with E-state index in [2.05, 4.69) is 6.92 Å². The number of hydrogen-bond acceptors (Lipinski definition) is 3. The molecule has 0 aromatic heterocycles. The second kappa shape index (κ2) is 5.53. The molecule has 1 aromatic rings. The summed E-state index contributed by atoms with van der Waals surface area (Å²) >= 11 is 0. The Morgan fingerprint density at radius 3 is 2.11 bits per heavy atom. The Kier molecular flexibility index (Phi) is 4.00. The van der Waals surface area contributed by atoms with Crippen LogP contribution >= 0.6 is 0 Å². The van der Waals surface area contributed by atoms with E-state index in [1.807, 2.05) is 6.92 Å². The third-order valence-corrected chi connectivity index (χ3v) is 3.46. The molecule has 4 heteroatoms. The van der Waals surface area contributed by atoms with Crippen molar-refractivity contribution in [2.24, 2.45) is 5.92 Å². The van der Waals surface area contributed by atoms with Gasteiger partial charge in [0.25, 0.3) is 11.8 Å². The van der Waals surface area contributed by atoms with Crippen molar-refractivity contribution < 1.29 is 14.3 Å². The van der Waals surface area contributed by atoms with E-state index in [-0.39, 0.29) is 17.9 Å². The average Bonchev–Trinajstić information content (AvgIpc) is 2.63. The van der Waals surface area contributed by atoms with Crippen molar-refractivity contribution >= 4 is 11.8 Å². The van der Waals surface area contributed by atoms with E-state index in [0.29, 0.717) is 23.7 Å². The molecule has 0 bridgehead atoms. The third kappa shape index (κ3) is 2.54. The molecule has 0 N–H and O–H groups in total. The quantitative estimate of drug-likeness (QED) is 0.764. The molecule has 2 atom stereocenters. The number of benzene rings is 1. The lowest BCUT2D eigenvalue weighted by molar-refractivity contribution is 0.0559. The Labute approximate surface area is 113 Å². The second-order valence-corrected chi connectivity index (χ2v) is 5.17. The van der Waals surface area contributed by atoms with Crippen LogP contribution in [0.1, 0.15) is 41.0 Å². The Bertz CT molecular complexity index is 463. The molecule has 1 aliphatic heterocycles. The highest BCUT2D eigenvalue weighted by Crippen LogP contribution is 2.26. The van der Waals surface area contributed by atoms with Crippen LogP contribution in [-0.2, 0) is 4.74 Å². The van der Waals surface area contributed by atoms with Gasteiger partial charge in [0.2, 0.25) is 0 Å². The highest BCUT2D eigenvalue weighted by molar-refractivity contribution is 6.21. The van der Waals surface area contributed by atoms with Crippen molar-refractivity contribution in [1.82, 2.24) is 4.90 Å². The molecule has 0 spiro atoms. The third-order valence-electron chi connectivity index (χ3n) is 3.46. The smallest absolute Gasteiger partial charge is 0.261 e. The van der Waals surface area contributed by atoms with Crippen LogP contribution in [0, 0.1) is 5.92 Å². The summed E-state index contributed by atoms with van der Waals surface area (Å²) in [7, 11) is 1.66. The number of methoxy groups -OCH3 is 1. The van der Waals surface area contributed by atoms with E-state index in [0.717, 1.165) is 6.42 Å². The number of carbonyl (C=O) groups excluding carboxylic acids is 2. The minimum Gasteiger partial charge on any atom is -0.384 e. The number of carbonyl (C=O) groups is 2. The van der Waals surface area contributed by atoms with Crippen LogP contribution in [0.15, 0.2) is 24.3 Å². The van der Waals surface area contributed by atoms with Gasteiger partial charge >= 0.3 is 0 Å². The molecule has 2 unspecified atom stereocenters. The van der Waals surface area contributed by atoms with Crippen molar-refractivity contribution in [3.63, 3.8) is 0 Å². The molecule has 19 heavy (non-hydrogen) atoms. The van der Waals surface area contributed by atoms with Gasteiger partial charge in [0.15, 0.2) is 0 Å². The summed E-state index contributed by atoms with van der Waals surface area (Å²) in [6, 6.07) is 6.87. The normalized spacial score (nSPS) is 17.5. The van der Waals surface area contributed by atoms with E-state index in [9.17, 15) is 9.59 Å². The van der Waals surface area contributed by atoms with Crippen molar-refractivity contribution in [3.8, 4) is 0 Å². The first-order chi connectivity index (χ1) is 9.06. The minimum absolute atomic E-state index is 0.113. The molecule has 1 aliphatic rings. The summed E-state index contributed by atoms with van der Waals surface area (Å²) < 4.78 is 5.09. The zero-order valence-corrected chi connectivity index (χ0v) is 11.6. The topological polar surface area (TPSA) is 46.6 Å². The lowest BCUT2D eigenvalue weighted by Gasteiger charge is -2.25. The molecule has 2 rings (SSSR count). The Morgan fingerprint density at radius 1 is 1.11 bits per heavy atom. The first-order valence-corrected chi connectivity index (χ1v) is 6.52. The number of amides is 2. The van der Waals surface area contributed by atoms with E-state index in [4.69, 9.17) is 4.74 Å². The van der Waals surface area contributed by atoms with Crippen molar-refractivity contribution in [2.45, 2.75) is 26.3 Å². The molecule has 1 heterocycles. The SMILES string of the molecule is COCC(C)CC(C)N1C(=O)c2ccccc2C1=O. The molecule has 1 aromatic carbocycles. The van der Waals surface area contributed by atoms with Gasteiger partial charge in [-0.1, -0.05) is 19.1 Å². The van der Waals surface area contributed by atoms with Crippen molar-refractivity contribution in [1.29, 1.82) is 0 Å². The number of imide groups is 1.